The molecule has 5 nitrogen and oxygen atoms in total. The van der Waals surface area contributed by atoms with Crippen LogP contribution in [0, 0.1) is 0 Å². The fraction of sp³-hybridized carbons (Fsp3) is 0.467. The van der Waals surface area contributed by atoms with Crippen LogP contribution in [0.2, 0.25) is 0 Å². The predicted molar refractivity (Wildman–Crippen MR) is 140 cm³/mol. The monoisotopic (exact) mass is 471 g/mol. The van der Waals surface area contributed by atoms with Crippen molar-refractivity contribution in [1.29, 1.82) is 0 Å². The number of carbonyl (C=O) groups is 2. The van der Waals surface area contributed by atoms with Gasteiger partial charge in [-0.05, 0) is 43.4 Å². The highest BCUT2D eigenvalue weighted by atomic mass is 16.2. The minimum Gasteiger partial charge on any atom is -0.351 e. The van der Waals surface area contributed by atoms with E-state index in [0.717, 1.165) is 36.6 Å². The van der Waals surface area contributed by atoms with E-state index in [1.165, 1.54) is 24.8 Å². The number of rotatable bonds is 5. The number of fused-ring (bicyclic) bond motifs is 3. The quantitative estimate of drug-likeness (QED) is 0.505. The Kier molecular flexibility index (Phi) is 6.68. The molecule has 1 N–H and O–H groups in total. The van der Waals surface area contributed by atoms with Crippen LogP contribution in [0.25, 0.3) is 10.9 Å². The highest BCUT2D eigenvalue weighted by molar-refractivity contribution is 6.03. The normalized spacial score (nSPS) is 22.3. The molecule has 5 heteroatoms. The Morgan fingerprint density at radius 2 is 1.66 bits per heavy atom. The molecule has 1 aliphatic carbocycles. The number of carbonyl (C=O) groups excluding carboxylic acids is 2. The van der Waals surface area contributed by atoms with E-state index in [1.54, 1.807) is 0 Å². The van der Waals surface area contributed by atoms with Crippen molar-refractivity contribution in [3.8, 4) is 0 Å². The smallest absolute Gasteiger partial charge is 0.271 e. The van der Waals surface area contributed by atoms with E-state index in [0.29, 0.717) is 18.8 Å². The lowest BCUT2D eigenvalue weighted by Crippen LogP contribution is -2.65. The van der Waals surface area contributed by atoms with Crippen molar-refractivity contribution in [1.82, 2.24) is 14.8 Å². The summed E-state index contributed by atoms with van der Waals surface area (Å²) in [6.07, 6.45) is 8.12. The molecule has 2 atom stereocenters. The molecule has 2 aliphatic rings. The van der Waals surface area contributed by atoms with E-state index in [4.69, 9.17) is 0 Å². The van der Waals surface area contributed by atoms with Crippen LogP contribution in [-0.2, 0) is 11.3 Å². The molecular formula is C30H37N3O2. The van der Waals surface area contributed by atoms with E-state index in [-0.39, 0.29) is 23.8 Å². The summed E-state index contributed by atoms with van der Waals surface area (Å²) in [4.78, 5) is 29.8. The zero-order chi connectivity index (χ0) is 24.4. The first kappa shape index (κ1) is 23.7. The maximum atomic E-state index is 14.0. The molecule has 2 aromatic carbocycles. The fourth-order valence-electron chi connectivity index (χ4n) is 5.89. The third-order valence-corrected chi connectivity index (χ3v) is 8.09. The number of hydrogen-bond donors (Lipinski definition) is 1. The number of hydrogen-bond acceptors (Lipinski definition) is 2. The Morgan fingerprint density at radius 3 is 2.40 bits per heavy atom. The number of nitrogens with zero attached hydrogens (tertiary/aromatic N) is 2. The van der Waals surface area contributed by atoms with Crippen LogP contribution in [0.1, 0.15) is 80.8 Å². The molecule has 0 spiro atoms. The molecule has 1 saturated carbocycles. The summed E-state index contributed by atoms with van der Waals surface area (Å²) in [6.45, 7) is 5.05. The first-order valence-electron chi connectivity index (χ1n) is 13.2. The second-order valence-electron chi connectivity index (χ2n) is 10.7. The van der Waals surface area contributed by atoms with Gasteiger partial charge in [-0.15, -0.1) is 0 Å². The number of para-hydroxylation sites is 1. The number of amides is 2. The first-order valence-corrected chi connectivity index (χ1v) is 13.2. The van der Waals surface area contributed by atoms with Gasteiger partial charge < -0.3 is 14.8 Å². The molecule has 3 aromatic rings. The average molecular weight is 472 g/mol. The number of benzene rings is 2. The zero-order valence-corrected chi connectivity index (χ0v) is 21.0. The van der Waals surface area contributed by atoms with Crippen LogP contribution in [0.15, 0.2) is 60.7 Å². The van der Waals surface area contributed by atoms with Crippen molar-refractivity contribution in [3.63, 3.8) is 0 Å². The van der Waals surface area contributed by atoms with Gasteiger partial charge in [0.2, 0.25) is 5.91 Å². The lowest BCUT2D eigenvalue weighted by atomic mass is 9.90. The molecule has 0 saturated heterocycles. The highest BCUT2D eigenvalue weighted by Gasteiger charge is 2.48. The third kappa shape index (κ3) is 4.61. The van der Waals surface area contributed by atoms with Gasteiger partial charge in [-0.3, -0.25) is 9.59 Å². The van der Waals surface area contributed by atoms with Crippen LogP contribution in [0.4, 0.5) is 0 Å². The van der Waals surface area contributed by atoms with Gasteiger partial charge in [-0.25, -0.2) is 0 Å². The molecule has 1 aliphatic heterocycles. The lowest BCUT2D eigenvalue weighted by Gasteiger charge is -2.45. The second-order valence-corrected chi connectivity index (χ2v) is 10.7. The summed E-state index contributed by atoms with van der Waals surface area (Å²) < 4.78 is 2.05. The van der Waals surface area contributed by atoms with E-state index in [1.807, 2.05) is 60.4 Å². The summed E-state index contributed by atoms with van der Waals surface area (Å²) in [5.74, 6) is 0.0234. The van der Waals surface area contributed by atoms with Crippen LogP contribution in [0.5, 0.6) is 0 Å². The Balaban J connectivity index is 1.49. The Bertz CT molecular complexity index is 1190. The zero-order valence-electron chi connectivity index (χ0n) is 21.0. The lowest BCUT2D eigenvalue weighted by molar-refractivity contribution is -0.133. The maximum absolute atomic E-state index is 14.0. The summed E-state index contributed by atoms with van der Waals surface area (Å²) in [7, 11) is 0. The topological polar surface area (TPSA) is 54.3 Å². The summed E-state index contributed by atoms with van der Waals surface area (Å²) in [5, 5.41) is 4.42. The summed E-state index contributed by atoms with van der Waals surface area (Å²) in [5.41, 5.74) is 1.89. The minimum atomic E-state index is -0.961. The average Bonchev–Trinajstić information content (AvgIpc) is 3.22. The van der Waals surface area contributed by atoms with Gasteiger partial charge in [0.05, 0.1) is 6.54 Å². The van der Waals surface area contributed by atoms with Crippen molar-refractivity contribution in [3.05, 3.63) is 71.9 Å². The van der Waals surface area contributed by atoms with Crippen molar-refractivity contribution < 1.29 is 9.59 Å². The molecule has 1 aromatic heterocycles. The molecule has 5 rings (SSSR count). The SMILES string of the molecule is C[C@H](CN1C(=O)c2cc3ccccc3n2C[C@]1(C)C(=O)NC1CCCCCCC1)c1ccccc1. The molecule has 35 heavy (non-hydrogen) atoms. The van der Waals surface area contributed by atoms with Gasteiger partial charge in [0.15, 0.2) is 0 Å². The number of nitrogens with one attached hydrogen (secondary N) is 1. The Labute approximate surface area is 208 Å². The Morgan fingerprint density at radius 1 is 1.00 bits per heavy atom. The van der Waals surface area contributed by atoms with Gasteiger partial charge in [-0.1, -0.05) is 87.6 Å². The molecule has 2 heterocycles. The van der Waals surface area contributed by atoms with Crippen molar-refractivity contribution in [2.24, 2.45) is 0 Å². The molecule has 2 amide bonds. The van der Waals surface area contributed by atoms with E-state index >= 15 is 0 Å². The van der Waals surface area contributed by atoms with Crippen LogP contribution >= 0.6 is 0 Å². The molecule has 1 fully saturated rings. The van der Waals surface area contributed by atoms with E-state index < -0.39 is 5.54 Å². The van der Waals surface area contributed by atoms with Gasteiger partial charge in [0.1, 0.15) is 11.2 Å². The van der Waals surface area contributed by atoms with E-state index in [2.05, 4.69) is 28.9 Å². The van der Waals surface area contributed by atoms with Crippen molar-refractivity contribution >= 4 is 22.7 Å². The second kappa shape index (κ2) is 9.88. The number of aromatic nitrogens is 1. The third-order valence-electron chi connectivity index (χ3n) is 8.09. The highest BCUT2D eigenvalue weighted by Crippen LogP contribution is 2.34. The summed E-state index contributed by atoms with van der Waals surface area (Å²) in [6, 6.07) is 20.5. The van der Waals surface area contributed by atoms with Crippen LogP contribution in [-0.4, -0.2) is 39.4 Å². The molecule has 184 valence electrons. The minimum absolute atomic E-state index is 0.0277. The Hall–Kier alpha value is -3.08. The first-order chi connectivity index (χ1) is 17.0. The standard InChI is InChI=1S/C30H37N3O2/c1-22(23-13-7-6-8-14-23)20-33-28(34)27-19-24-15-11-12-18-26(24)32(27)21-30(33,2)29(35)31-25-16-9-4-3-5-10-17-25/h6-8,11-15,18-19,22,25H,3-5,9-10,16-17,20-21H2,1-2H3,(H,31,35)/t22-,30-/m1/s1. The van der Waals surface area contributed by atoms with Crippen LogP contribution < -0.4 is 5.32 Å². The molecular weight excluding hydrogens is 434 g/mol. The van der Waals surface area contributed by atoms with Gasteiger partial charge in [-0.2, -0.15) is 0 Å². The van der Waals surface area contributed by atoms with Gasteiger partial charge in [0, 0.05) is 23.5 Å². The van der Waals surface area contributed by atoms with Crippen molar-refractivity contribution in [2.75, 3.05) is 6.54 Å². The maximum Gasteiger partial charge on any atom is 0.271 e. The van der Waals surface area contributed by atoms with Crippen LogP contribution in [0.3, 0.4) is 0 Å². The molecule has 0 bridgehead atoms. The predicted octanol–water partition coefficient (Wildman–Crippen LogP) is 5.89. The van der Waals surface area contributed by atoms with Gasteiger partial charge >= 0.3 is 0 Å². The summed E-state index contributed by atoms with van der Waals surface area (Å²) >= 11 is 0. The van der Waals surface area contributed by atoms with Gasteiger partial charge in [0.25, 0.3) is 5.91 Å². The fourth-order valence-corrected chi connectivity index (χ4v) is 5.89. The van der Waals surface area contributed by atoms with Crippen molar-refractivity contribution in [2.45, 2.75) is 82.8 Å². The van der Waals surface area contributed by atoms with E-state index in [9.17, 15) is 9.59 Å². The molecule has 0 unspecified atom stereocenters. The molecule has 0 radical (unpaired) electrons. The largest absolute Gasteiger partial charge is 0.351 e.